The number of fused-ring (bicyclic) bond motifs is 1. The summed E-state index contributed by atoms with van der Waals surface area (Å²) in [6.45, 7) is 2.59. The van der Waals surface area contributed by atoms with E-state index in [-0.39, 0.29) is 0 Å². The first kappa shape index (κ1) is 16.5. The van der Waals surface area contributed by atoms with Crippen molar-refractivity contribution in [3.63, 3.8) is 0 Å². The molecule has 0 bridgehead atoms. The van der Waals surface area contributed by atoms with Gasteiger partial charge in [0, 0.05) is 53.4 Å². The molecule has 0 saturated heterocycles. The maximum atomic E-state index is 6.30. The smallest absolute Gasteiger partial charge is 0.159 e. The highest BCUT2D eigenvalue weighted by molar-refractivity contribution is 6.35. The largest absolute Gasteiger partial charge is 0.294 e. The van der Waals surface area contributed by atoms with Crippen LogP contribution in [0.1, 0.15) is 16.8 Å². The normalized spacial score (nSPS) is 14.3. The average Bonchev–Trinajstić information content (AvgIpc) is 2.64. The molecule has 0 saturated carbocycles. The van der Waals surface area contributed by atoms with Crippen molar-refractivity contribution in [2.75, 3.05) is 6.54 Å². The van der Waals surface area contributed by atoms with Crippen LogP contribution in [-0.2, 0) is 19.5 Å². The van der Waals surface area contributed by atoms with Crippen LogP contribution in [-0.4, -0.2) is 21.4 Å². The molecule has 4 rings (SSSR count). The Hall–Kier alpha value is -1.94. The summed E-state index contributed by atoms with van der Waals surface area (Å²) in [6.07, 6.45) is 2.88. The molecule has 5 heteroatoms. The summed E-state index contributed by atoms with van der Waals surface area (Å²) in [7, 11) is 0. The van der Waals surface area contributed by atoms with E-state index in [9.17, 15) is 0 Å². The van der Waals surface area contributed by atoms with E-state index in [4.69, 9.17) is 28.2 Å². The Morgan fingerprint density at radius 2 is 1.88 bits per heavy atom. The summed E-state index contributed by atoms with van der Waals surface area (Å²) in [5.74, 6) is 0.800. The molecule has 0 unspecified atom stereocenters. The minimum absolute atomic E-state index is 0.666. The SMILES string of the molecule is Clc1ccc(CN2CCc3nc(-c4ccccc4)ncc3C2)c(Cl)c1. The van der Waals surface area contributed by atoms with E-state index in [2.05, 4.69) is 9.88 Å². The van der Waals surface area contributed by atoms with Crippen molar-refractivity contribution >= 4 is 23.2 Å². The Kier molecular flexibility index (Phi) is 4.71. The summed E-state index contributed by atoms with van der Waals surface area (Å²) in [5, 5.41) is 1.38. The van der Waals surface area contributed by atoms with Crippen molar-refractivity contribution in [3.05, 3.63) is 81.6 Å². The number of halogens is 2. The molecule has 0 radical (unpaired) electrons. The van der Waals surface area contributed by atoms with Gasteiger partial charge in [-0.15, -0.1) is 0 Å². The Morgan fingerprint density at radius 3 is 2.68 bits per heavy atom. The van der Waals surface area contributed by atoms with Crippen LogP contribution < -0.4 is 0 Å². The predicted molar refractivity (Wildman–Crippen MR) is 102 cm³/mol. The first-order valence-electron chi connectivity index (χ1n) is 8.25. The van der Waals surface area contributed by atoms with E-state index < -0.39 is 0 Å². The van der Waals surface area contributed by atoms with E-state index in [1.165, 1.54) is 5.56 Å². The number of hydrogen-bond acceptors (Lipinski definition) is 3. The standard InChI is InChI=1S/C20H17Cl2N3/c21-17-7-6-15(18(22)10-17)12-25-9-8-19-16(13-25)11-23-20(24-19)14-4-2-1-3-5-14/h1-7,10-11H,8-9,12-13H2. The van der Waals surface area contributed by atoms with Crippen LogP contribution in [0.15, 0.2) is 54.7 Å². The van der Waals surface area contributed by atoms with Gasteiger partial charge in [-0.2, -0.15) is 0 Å². The van der Waals surface area contributed by atoms with Crippen LogP contribution in [0.3, 0.4) is 0 Å². The zero-order valence-corrected chi connectivity index (χ0v) is 15.1. The number of aromatic nitrogens is 2. The lowest BCUT2D eigenvalue weighted by molar-refractivity contribution is 0.243. The topological polar surface area (TPSA) is 29.0 Å². The highest BCUT2D eigenvalue weighted by Gasteiger charge is 2.19. The van der Waals surface area contributed by atoms with Crippen LogP contribution in [0, 0.1) is 0 Å². The summed E-state index contributed by atoms with van der Waals surface area (Å²) < 4.78 is 0. The molecule has 1 aliphatic rings. The Balaban J connectivity index is 1.52. The van der Waals surface area contributed by atoms with Gasteiger partial charge in [-0.3, -0.25) is 4.90 Å². The second-order valence-electron chi connectivity index (χ2n) is 6.23. The monoisotopic (exact) mass is 369 g/mol. The lowest BCUT2D eigenvalue weighted by Crippen LogP contribution is -2.31. The van der Waals surface area contributed by atoms with Gasteiger partial charge in [-0.05, 0) is 17.7 Å². The van der Waals surface area contributed by atoms with Gasteiger partial charge in [0.15, 0.2) is 5.82 Å². The van der Waals surface area contributed by atoms with Crippen LogP contribution in [0.2, 0.25) is 10.0 Å². The van der Waals surface area contributed by atoms with Crippen molar-refractivity contribution in [2.24, 2.45) is 0 Å². The molecule has 0 aliphatic carbocycles. The second-order valence-corrected chi connectivity index (χ2v) is 7.07. The number of nitrogens with zero attached hydrogens (tertiary/aromatic N) is 3. The number of rotatable bonds is 3. The zero-order chi connectivity index (χ0) is 17.2. The van der Waals surface area contributed by atoms with Gasteiger partial charge in [-0.25, -0.2) is 9.97 Å². The molecule has 3 nitrogen and oxygen atoms in total. The van der Waals surface area contributed by atoms with Gasteiger partial charge >= 0.3 is 0 Å². The predicted octanol–water partition coefficient (Wildman–Crippen LogP) is 5.01. The maximum absolute atomic E-state index is 6.30. The minimum atomic E-state index is 0.666. The molecule has 25 heavy (non-hydrogen) atoms. The van der Waals surface area contributed by atoms with Crippen molar-refractivity contribution in [2.45, 2.75) is 19.5 Å². The zero-order valence-electron chi connectivity index (χ0n) is 13.6. The van der Waals surface area contributed by atoms with Gasteiger partial charge in [0.2, 0.25) is 0 Å². The Bertz CT molecular complexity index is 897. The van der Waals surface area contributed by atoms with E-state index >= 15 is 0 Å². The molecule has 126 valence electrons. The molecule has 0 fully saturated rings. The van der Waals surface area contributed by atoms with E-state index in [0.29, 0.717) is 10.0 Å². The lowest BCUT2D eigenvalue weighted by atomic mass is 10.1. The molecule has 0 amide bonds. The van der Waals surface area contributed by atoms with Gasteiger partial charge < -0.3 is 0 Å². The first-order valence-corrected chi connectivity index (χ1v) is 9.01. The van der Waals surface area contributed by atoms with Gasteiger partial charge in [-0.1, -0.05) is 59.6 Å². The van der Waals surface area contributed by atoms with Crippen molar-refractivity contribution in [3.8, 4) is 11.4 Å². The maximum Gasteiger partial charge on any atom is 0.159 e. The molecule has 1 aliphatic heterocycles. The van der Waals surface area contributed by atoms with Crippen LogP contribution in [0.5, 0.6) is 0 Å². The van der Waals surface area contributed by atoms with Crippen LogP contribution in [0.4, 0.5) is 0 Å². The molecule has 1 aromatic heterocycles. The highest BCUT2D eigenvalue weighted by atomic mass is 35.5. The Labute approximate surface area is 157 Å². The highest BCUT2D eigenvalue weighted by Crippen LogP contribution is 2.25. The molecular formula is C20H17Cl2N3. The van der Waals surface area contributed by atoms with Crippen molar-refractivity contribution in [1.82, 2.24) is 14.9 Å². The molecule has 3 aromatic rings. The lowest BCUT2D eigenvalue weighted by Gasteiger charge is -2.28. The summed E-state index contributed by atoms with van der Waals surface area (Å²) in [5.41, 5.74) is 4.49. The molecular weight excluding hydrogens is 353 g/mol. The van der Waals surface area contributed by atoms with E-state index in [1.807, 2.05) is 48.7 Å². The van der Waals surface area contributed by atoms with Crippen molar-refractivity contribution < 1.29 is 0 Å². The third-order valence-corrected chi connectivity index (χ3v) is 5.04. The summed E-state index contributed by atoms with van der Waals surface area (Å²) in [4.78, 5) is 11.7. The van der Waals surface area contributed by atoms with Gasteiger partial charge in [0.1, 0.15) is 0 Å². The third kappa shape index (κ3) is 3.69. The molecule has 0 spiro atoms. The average molecular weight is 370 g/mol. The minimum Gasteiger partial charge on any atom is -0.294 e. The van der Waals surface area contributed by atoms with Gasteiger partial charge in [0.25, 0.3) is 0 Å². The molecule has 2 aromatic carbocycles. The summed E-state index contributed by atoms with van der Waals surface area (Å²) in [6, 6.07) is 15.8. The molecule has 0 atom stereocenters. The fraction of sp³-hybridized carbons (Fsp3) is 0.200. The molecule has 2 heterocycles. The van der Waals surface area contributed by atoms with Crippen molar-refractivity contribution in [1.29, 1.82) is 0 Å². The Morgan fingerprint density at radius 1 is 1.04 bits per heavy atom. The summed E-state index contributed by atoms with van der Waals surface area (Å²) >= 11 is 12.3. The quantitative estimate of drug-likeness (QED) is 0.649. The molecule has 0 N–H and O–H groups in total. The van der Waals surface area contributed by atoms with Crippen LogP contribution >= 0.6 is 23.2 Å². The third-order valence-electron chi connectivity index (χ3n) is 4.45. The second kappa shape index (κ2) is 7.12. The first-order chi connectivity index (χ1) is 12.2. The van der Waals surface area contributed by atoms with Gasteiger partial charge in [0.05, 0.1) is 5.69 Å². The fourth-order valence-corrected chi connectivity index (χ4v) is 3.59. The fourth-order valence-electron chi connectivity index (χ4n) is 3.13. The van der Waals surface area contributed by atoms with E-state index in [1.54, 1.807) is 6.07 Å². The van der Waals surface area contributed by atoms with Crippen LogP contribution in [0.25, 0.3) is 11.4 Å². The number of hydrogen-bond donors (Lipinski definition) is 0. The van der Waals surface area contributed by atoms with E-state index in [0.717, 1.165) is 48.7 Å². The number of benzene rings is 2.